The van der Waals surface area contributed by atoms with Gasteiger partial charge in [-0.05, 0) is 25.3 Å². The molecule has 2 saturated heterocycles. The maximum absolute atomic E-state index is 12.7. The van der Waals surface area contributed by atoms with Gasteiger partial charge in [-0.1, -0.05) is 0 Å². The number of nitrogens with zero attached hydrogens (tertiary/aromatic N) is 4. The van der Waals surface area contributed by atoms with Crippen molar-refractivity contribution in [2.75, 3.05) is 57.6 Å². The summed E-state index contributed by atoms with van der Waals surface area (Å²) < 4.78 is 16.3. The van der Waals surface area contributed by atoms with Crippen molar-refractivity contribution in [3.8, 4) is 11.5 Å². The molecule has 1 amide bonds. The summed E-state index contributed by atoms with van der Waals surface area (Å²) in [4.78, 5) is 25.8. The van der Waals surface area contributed by atoms with Crippen molar-refractivity contribution < 1.29 is 19.0 Å². The number of amides is 1. The molecule has 4 rings (SSSR count). The van der Waals surface area contributed by atoms with Crippen LogP contribution < -0.4 is 20.1 Å². The number of fused-ring (bicyclic) bond motifs is 1. The Balaban J connectivity index is 0.00000256. The number of nitrogen functional groups attached to an aromatic ring is 1. The van der Waals surface area contributed by atoms with E-state index in [0.717, 1.165) is 24.6 Å². The van der Waals surface area contributed by atoms with Crippen LogP contribution in [0, 0.1) is 0 Å². The molecule has 0 radical (unpaired) electrons. The number of halogens is 1. The number of carbonyl (C=O) groups is 1. The van der Waals surface area contributed by atoms with Crippen LogP contribution in [0.4, 0.5) is 11.8 Å². The van der Waals surface area contributed by atoms with E-state index < -0.39 is 0 Å². The number of hydrogen-bond donors (Lipinski definition) is 1. The van der Waals surface area contributed by atoms with Crippen molar-refractivity contribution >= 4 is 41.0 Å². The summed E-state index contributed by atoms with van der Waals surface area (Å²) in [5.41, 5.74) is 6.89. The molecule has 1 aromatic heterocycles. The number of ether oxygens (including phenoxy) is 3. The highest BCUT2D eigenvalue weighted by Crippen LogP contribution is 2.34. The van der Waals surface area contributed by atoms with Gasteiger partial charge in [-0.3, -0.25) is 4.79 Å². The van der Waals surface area contributed by atoms with Gasteiger partial charge < -0.3 is 29.7 Å². The number of rotatable bonds is 4. The largest absolute Gasteiger partial charge is 0.493 e. The number of benzene rings is 1. The van der Waals surface area contributed by atoms with Gasteiger partial charge >= 0.3 is 0 Å². The molecular weight excluding hydrogens is 410 g/mol. The Morgan fingerprint density at radius 3 is 2.43 bits per heavy atom. The molecule has 10 heteroatoms. The van der Waals surface area contributed by atoms with Gasteiger partial charge in [0, 0.05) is 44.2 Å². The fourth-order valence-electron chi connectivity index (χ4n) is 3.87. The van der Waals surface area contributed by atoms with Gasteiger partial charge in [-0.2, -0.15) is 4.98 Å². The third kappa shape index (κ3) is 4.32. The minimum atomic E-state index is -0.287. The highest BCUT2D eigenvalue weighted by Gasteiger charge is 2.30. The first-order valence-corrected chi connectivity index (χ1v) is 9.95. The maximum atomic E-state index is 12.7. The van der Waals surface area contributed by atoms with Gasteiger partial charge in [0.05, 0.1) is 19.7 Å². The van der Waals surface area contributed by atoms with E-state index in [1.54, 1.807) is 26.4 Å². The van der Waals surface area contributed by atoms with Crippen molar-refractivity contribution in [1.82, 2.24) is 14.9 Å². The second-order valence-corrected chi connectivity index (χ2v) is 7.30. The maximum Gasteiger partial charge on any atom is 0.251 e. The molecule has 1 unspecified atom stereocenters. The minimum absolute atomic E-state index is 0. The van der Waals surface area contributed by atoms with Crippen LogP contribution in [0.1, 0.15) is 19.3 Å². The fraction of sp³-hybridized carbons (Fsp3) is 0.550. The molecule has 2 aromatic rings. The van der Waals surface area contributed by atoms with Crippen LogP contribution in [0.15, 0.2) is 12.1 Å². The predicted molar refractivity (Wildman–Crippen MR) is 117 cm³/mol. The van der Waals surface area contributed by atoms with E-state index in [4.69, 9.17) is 19.9 Å². The molecule has 2 aliphatic rings. The second kappa shape index (κ2) is 9.53. The van der Waals surface area contributed by atoms with Gasteiger partial charge in [-0.25, -0.2) is 4.98 Å². The van der Waals surface area contributed by atoms with Crippen molar-refractivity contribution in [3.05, 3.63) is 12.1 Å². The standard InChI is InChI=1S/C20H27N5O4.ClH/c1-27-16-11-13-14(12-17(16)28-2)22-20(23-18(13)21)25-8-6-24(7-9-25)19(26)15-5-3-4-10-29-15;/h11-12,15H,3-10H2,1-2H3,(H2,21,22,23);1H. The summed E-state index contributed by atoms with van der Waals surface area (Å²) in [5, 5.41) is 0.717. The van der Waals surface area contributed by atoms with E-state index in [1.807, 2.05) is 4.90 Å². The second-order valence-electron chi connectivity index (χ2n) is 7.30. The molecule has 2 fully saturated rings. The molecule has 2 aliphatic heterocycles. The third-order valence-electron chi connectivity index (χ3n) is 5.55. The van der Waals surface area contributed by atoms with E-state index in [0.29, 0.717) is 61.6 Å². The SMILES string of the molecule is COc1cc2nc(N3CCN(C(=O)C4CCCCO4)CC3)nc(N)c2cc1OC.Cl. The van der Waals surface area contributed by atoms with E-state index in [9.17, 15) is 4.79 Å². The number of carbonyl (C=O) groups excluding carboxylic acids is 1. The summed E-state index contributed by atoms with van der Waals surface area (Å²) in [6, 6.07) is 3.59. The summed E-state index contributed by atoms with van der Waals surface area (Å²) in [6.45, 7) is 3.21. The highest BCUT2D eigenvalue weighted by atomic mass is 35.5. The lowest BCUT2D eigenvalue weighted by atomic mass is 10.1. The van der Waals surface area contributed by atoms with Gasteiger partial charge in [0.1, 0.15) is 11.9 Å². The number of piperazine rings is 1. The topological polar surface area (TPSA) is 103 Å². The molecule has 1 atom stereocenters. The number of methoxy groups -OCH3 is 2. The number of anilines is 2. The van der Waals surface area contributed by atoms with Crippen LogP contribution in [0.5, 0.6) is 11.5 Å². The predicted octanol–water partition coefficient (Wildman–Crippen LogP) is 1.87. The monoisotopic (exact) mass is 437 g/mol. The van der Waals surface area contributed by atoms with E-state index in [1.165, 1.54) is 0 Å². The number of aromatic nitrogens is 2. The Hall–Kier alpha value is -2.52. The summed E-state index contributed by atoms with van der Waals surface area (Å²) in [7, 11) is 3.16. The van der Waals surface area contributed by atoms with Crippen LogP contribution >= 0.6 is 12.4 Å². The quantitative estimate of drug-likeness (QED) is 0.773. The molecule has 9 nitrogen and oxygen atoms in total. The first-order chi connectivity index (χ1) is 14.1. The van der Waals surface area contributed by atoms with Crippen LogP contribution in [0.3, 0.4) is 0 Å². The molecule has 0 spiro atoms. The van der Waals surface area contributed by atoms with Crippen molar-refractivity contribution in [2.45, 2.75) is 25.4 Å². The summed E-state index contributed by atoms with van der Waals surface area (Å²) >= 11 is 0. The van der Waals surface area contributed by atoms with Crippen LogP contribution in [0.25, 0.3) is 10.9 Å². The Morgan fingerprint density at radius 1 is 1.10 bits per heavy atom. The van der Waals surface area contributed by atoms with Gasteiger partial charge in [-0.15, -0.1) is 12.4 Å². The highest BCUT2D eigenvalue weighted by molar-refractivity contribution is 5.91. The lowest BCUT2D eigenvalue weighted by molar-refractivity contribution is -0.146. The Bertz CT molecular complexity index is 898. The smallest absolute Gasteiger partial charge is 0.251 e. The Kier molecular flexibility index (Phi) is 7.04. The Labute approximate surface area is 181 Å². The third-order valence-corrected chi connectivity index (χ3v) is 5.55. The minimum Gasteiger partial charge on any atom is -0.493 e. The van der Waals surface area contributed by atoms with Gasteiger partial charge in [0.2, 0.25) is 5.95 Å². The van der Waals surface area contributed by atoms with E-state index in [-0.39, 0.29) is 24.4 Å². The summed E-state index contributed by atoms with van der Waals surface area (Å²) in [5.74, 6) is 2.22. The molecule has 0 aliphatic carbocycles. The zero-order valence-corrected chi connectivity index (χ0v) is 18.1. The molecule has 1 aromatic carbocycles. The van der Waals surface area contributed by atoms with Crippen LogP contribution in [-0.2, 0) is 9.53 Å². The molecular formula is C20H28ClN5O4. The molecule has 0 bridgehead atoms. The zero-order chi connectivity index (χ0) is 20.4. The lowest BCUT2D eigenvalue weighted by Crippen LogP contribution is -2.52. The average molecular weight is 438 g/mol. The first kappa shape index (κ1) is 22.2. The zero-order valence-electron chi connectivity index (χ0n) is 17.3. The van der Waals surface area contributed by atoms with Crippen molar-refractivity contribution in [3.63, 3.8) is 0 Å². The normalized spacial score (nSPS) is 19.3. The van der Waals surface area contributed by atoms with Crippen molar-refractivity contribution in [2.24, 2.45) is 0 Å². The molecule has 3 heterocycles. The molecule has 30 heavy (non-hydrogen) atoms. The van der Waals surface area contributed by atoms with Crippen LogP contribution in [0.2, 0.25) is 0 Å². The fourth-order valence-corrected chi connectivity index (χ4v) is 3.87. The lowest BCUT2D eigenvalue weighted by Gasteiger charge is -2.37. The van der Waals surface area contributed by atoms with E-state index >= 15 is 0 Å². The van der Waals surface area contributed by atoms with E-state index in [2.05, 4.69) is 14.9 Å². The summed E-state index contributed by atoms with van der Waals surface area (Å²) in [6.07, 6.45) is 2.61. The Morgan fingerprint density at radius 2 is 1.80 bits per heavy atom. The first-order valence-electron chi connectivity index (χ1n) is 9.95. The molecule has 164 valence electrons. The van der Waals surface area contributed by atoms with Crippen molar-refractivity contribution in [1.29, 1.82) is 0 Å². The number of nitrogens with two attached hydrogens (primary N) is 1. The number of hydrogen-bond acceptors (Lipinski definition) is 8. The van der Waals surface area contributed by atoms with Gasteiger partial charge in [0.25, 0.3) is 5.91 Å². The molecule has 0 saturated carbocycles. The average Bonchev–Trinajstić information content (AvgIpc) is 2.78. The van der Waals surface area contributed by atoms with Gasteiger partial charge in [0.15, 0.2) is 11.5 Å². The molecule has 2 N–H and O–H groups in total. The van der Waals surface area contributed by atoms with Crippen LogP contribution in [-0.4, -0.2) is 73.9 Å².